The van der Waals surface area contributed by atoms with Crippen molar-refractivity contribution in [3.63, 3.8) is 0 Å². The number of urea groups is 1. The lowest BCUT2D eigenvalue weighted by Crippen LogP contribution is -2.30. The largest absolute Gasteiger partial charge is 0.464 e. The maximum atomic E-state index is 12.1. The smallest absolute Gasteiger partial charge is 0.354 e. The van der Waals surface area contributed by atoms with Crippen LogP contribution in [-0.2, 0) is 11.2 Å². The van der Waals surface area contributed by atoms with E-state index >= 15 is 0 Å². The normalized spacial score (nSPS) is 10.6. The highest BCUT2D eigenvalue weighted by Gasteiger charge is 2.20. The van der Waals surface area contributed by atoms with Crippen LogP contribution in [0.4, 0.5) is 10.5 Å². The van der Waals surface area contributed by atoms with Gasteiger partial charge >= 0.3 is 12.0 Å². The highest BCUT2D eigenvalue weighted by atomic mass is 35.5. The lowest BCUT2D eigenvalue weighted by atomic mass is 10.1. The van der Waals surface area contributed by atoms with Crippen LogP contribution in [0.25, 0.3) is 10.9 Å². The minimum Gasteiger partial charge on any atom is -0.464 e. The Balaban J connectivity index is 1.77. The Bertz CT molecular complexity index is 987. The van der Waals surface area contributed by atoms with Crippen LogP contribution in [0, 0.1) is 0 Å². The molecule has 0 radical (unpaired) electrons. The summed E-state index contributed by atoms with van der Waals surface area (Å²) in [7, 11) is 1.30. The standard InChI is InChI=1S/C19H17Cl2N3O3/c1-27-18(25)17-13(16-14(21)9-11(20)10-15(16)24-17)7-8-22-19(26)23-12-5-3-2-4-6-12/h2-6,9-10,24H,7-8H2,1H3,(H2,22,23,26). The van der Waals surface area contributed by atoms with Gasteiger partial charge in [0.1, 0.15) is 5.69 Å². The zero-order chi connectivity index (χ0) is 19.4. The summed E-state index contributed by atoms with van der Waals surface area (Å²) in [5.74, 6) is -0.512. The summed E-state index contributed by atoms with van der Waals surface area (Å²) < 4.78 is 4.84. The fraction of sp³-hybridized carbons (Fsp3) is 0.158. The molecule has 0 spiro atoms. The predicted octanol–water partition coefficient (Wildman–Crippen LogP) is 4.63. The van der Waals surface area contributed by atoms with Crippen LogP contribution in [-0.4, -0.2) is 30.6 Å². The first-order chi connectivity index (χ1) is 13.0. The summed E-state index contributed by atoms with van der Waals surface area (Å²) in [6, 6.07) is 12.1. The van der Waals surface area contributed by atoms with Gasteiger partial charge in [-0.2, -0.15) is 0 Å². The molecule has 1 aromatic heterocycles. The number of halogens is 2. The van der Waals surface area contributed by atoms with Crippen molar-refractivity contribution in [3.05, 3.63) is 63.8 Å². The molecule has 140 valence electrons. The van der Waals surface area contributed by atoms with Crippen LogP contribution in [0.5, 0.6) is 0 Å². The van der Waals surface area contributed by atoms with Gasteiger partial charge in [0.05, 0.1) is 12.1 Å². The van der Waals surface area contributed by atoms with Crippen LogP contribution in [0.3, 0.4) is 0 Å². The number of methoxy groups -OCH3 is 1. The van der Waals surface area contributed by atoms with Gasteiger partial charge in [0, 0.05) is 28.2 Å². The molecule has 0 aliphatic rings. The van der Waals surface area contributed by atoms with Gasteiger partial charge in [-0.25, -0.2) is 9.59 Å². The number of para-hydroxylation sites is 1. The molecule has 3 N–H and O–H groups in total. The zero-order valence-corrected chi connectivity index (χ0v) is 15.9. The van der Waals surface area contributed by atoms with E-state index in [0.717, 1.165) is 0 Å². The number of fused-ring (bicyclic) bond motifs is 1. The van der Waals surface area contributed by atoms with E-state index in [1.165, 1.54) is 7.11 Å². The van der Waals surface area contributed by atoms with E-state index in [4.69, 9.17) is 27.9 Å². The number of hydrogen-bond donors (Lipinski definition) is 3. The van der Waals surface area contributed by atoms with Crippen LogP contribution in [0.15, 0.2) is 42.5 Å². The molecule has 0 aliphatic heterocycles. The van der Waals surface area contributed by atoms with Gasteiger partial charge in [-0.1, -0.05) is 41.4 Å². The number of aromatic amines is 1. The second kappa shape index (κ2) is 8.33. The van der Waals surface area contributed by atoms with Crippen LogP contribution in [0.2, 0.25) is 10.0 Å². The summed E-state index contributed by atoms with van der Waals surface area (Å²) in [6.45, 7) is 0.300. The maximum Gasteiger partial charge on any atom is 0.354 e. The molecular formula is C19H17Cl2N3O3. The van der Waals surface area contributed by atoms with Crippen LogP contribution >= 0.6 is 23.2 Å². The Morgan fingerprint density at radius 2 is 1.89 bits per heavy atom. The van der Waals surface area contributed by atoms with Crippen molar-refractivity contribution in [2.45, 2.75) is 6.42 Å². The van der Waals surface area contributed by atoms with E-state index in [9.17, 15) is 9.59 Å². The third kappa shape index (κ3) is 4.35. The summed E-state index contributed by atoms with van der Waals surface area (Å²) in [5.41, 5.74) is 2.28. The molecule has 3 rings (SSSR count). The second-order valence-corrected chi connectivity index (χ2v) is 6.62. The molecule has 0 saturated carbocycles. The third-order valence-electron chi connectivity index (χ3n) is 4.00. The molecule has 2 aromatic carbocycles. The Labute approximate surface area is 165 Å². The van der Waals surface area contributed by atoms with Crippen molar-refractivity contribution in [2.75, 3.05) is 19.0 Å². The van der Waals surface area contributed by atoms with E-state index in [1.807, 2.05) is 18.2 Å². The van der Waals surface area contributed by atoms with E-state index in [0.29, 0.717) is 50.9 Å². The number of H-pyrrole nitrogens is 1. The van der Waals surface area contributed by atoms with Gasteiger partial charge < -0.3 is 20.4 Å². The van der Waals surface area contributed by atoms with E-state index in [-0.39, 0.29) is 6.03 Å². The minimum atomic E-state index is -0.512. The van der Waals surface area contributed by atoms with Crippen molar-refractivity contribution < 1.29 is 14.3 Å². The van der Waals surface area contributed by atoms with Gasteiger partial charge in [-0.05, 0) is 36.2 Å². The zero-order valence-electron chi connectivity index (χ0n) is 14.4. The first kappa shape index (κ1) is 19.1. The third-order valence-corrected chi connectivity index (χ3v) is 4.52. The Morgan fingerprint density at radius 1 is 1.15 bits per heavy atom. The number of rotatable bonds is 5. The quantitative estimate of drug-likeness (QED) is 0.541. The van der Waals surface area contributed by atoms with Gasteiger partial charge in [0.2, 0.25) is 0 Å². The van der Waals surface area contributed by atoms with Crippen LogP contribution in [0.1, 0.15) is 16.1 Å². The lowest BCUT2D eigenvalue weighted by Gasteiger charge is -2.08. The minimum absolute atomic E-state index is 0.293. The first-order valence-corrected chi connectivity index (χ1v) is 8.93. The fourth-order valence-corrected chi connectivity index (χ4v) is 3.45. The number of hydrogen-bond acceptors (Lipinski definition) is 3. The van der Waals surface area contributed by atoms with Gasteiger partial charge in [-0.15, -0.1) is 0 Å². The van der Waals surface area contributed by atoms with Crippen LogP contribution < -0.4 is 10.6 Å². The molecule has 2 amide bonds. The van der Waals surface area contributed by atoms with Crippen molar-refractivity contribution in [2.24, 2.45) is 0 Å². The van der Waals surface area contributed by atoms with Crippen molar-refractivity contribution >= 4 is 51.8 Å². The number of ether oxygens (including phenoxy) is 1. The van der Waals surface area contributed by atoms with Crippen molar-refractivity contribution in [1.82, 2.24) is 10.3 Å². The topological polar surface area (TPSA) is 83.2 Å². The predicted molar refractivity (Wildman–Crippen MR) is 107 cm³/mol. The van der Waals surface area contributed by atoms with Crippen molar-refractivity contribution in [3.8, 4) is 0 Å². The molecule has 1 heterocycles. The molecule has 8 heteroatoms. The number of carbonyl (C=O) groups excluding carboxylic acids is 2. The highest BCUT2D eigenvalue weighted by molar-refractivity contribution is 6.39. The molecule has 0 fully saturated rings. The molecule has 0 saturated heterocycles. The number of nitrogens with one attached hydrogen (secondary N) is 3. The molecular weight excluding hydrogens is 389 g/mol. The van der Waals surface area contributed by atoms with Gasteiger partial charge in [0.25, 0.3) is 0 Å². The summed E-state index contributed by atoms with van der Waals surface area (Å²) in [5, 5.41) is 7.06. The molecule has 27 heavy (non-hydrogen) atoms. The summed E-state index contributed by atoms with van der Waals surface area (Å²) in [4.78, 5) is 27.1. The second-order valence-electron chi connectivity index (χ2n) is 5.78. The monoisotopic (exact) mass is 405 g/mol. The fourth-order valence-electron chi connectivity index (χ4n) is 2.84. The number of anilines is 1. The van der Waals surface area contributed by atoms with Crippen molar-refractivity contribution in [1.29, 1.82) is 0 Å². The summed E-state index contributed by atoms with van der Waals surface area (Å²) >= 11 is 12.4. The molecule has 0 aliphatic carbocycles. The Kier molecular flexibility index (Phi) is 5.88. The number of benzene rings is 2. The molecule has 0 atom stereocenters. The maximum absolute atomic E-state index is 12.1. The number of aromatic nitrogens is 1. The molecule has 3 aromatic rings. The molecule has 0 bridgehead atoms. The average Bonchev–Trinajstić information content (AvgIpc) is 3.00. The molecule has 6 nitrogen and oxygen atoms in total. The Morgan fingerprint density at radius 3 is 2.59 bits per heavy atom. The first-order valence-electron chi connectivity index (χ1n) is 8.17. The number of esters is 1. The summed E-state index contributed by atoms with van der Waals surface area (Å²) in [6.07, 6.45) is 0.383. The van der Waals surface area contributed by atoms with E-state index in [2.05, 4.69) is 15.6 Å². The van der Waals surface area contributed by atoms with Gasteiger partial charge in [-0.3, -0.25) is 0 Å². The lowest BCUT2D eigenvalue weighted by molar-refractivity contribution is 0.0594. The average molecular weight is 406 g/mol. The van der Waals surface area contributed by atoms with Gasteiger partial charge in [0.15, 0.2) is 0 Å². The highest BCUT2D eigenvalue weighted by Crippen LogP contribution is 2.33. The van der Waals surface area contributed by atoms with E-state index in [1.54, 1.807) is 24.3 Å². The Hall–Kier alpha value is -2.70. The number of amides is 2. The number of carbonyl (C=O) groups is 2. The molecule has 0 unspecified atom stereocenters. The van der Waals surface area contributed by atoms with E-state index < -0.39 is 5.97 Å². The SMILES string of the molecule is COC(=O)c1[nH]c2cc(Cl)cc(Cl)c2c1CCNC(=O)Nc1ccccc1.